The number of Topliss-reactive ketones (excluding diaryl/α,β-unsaturated/α-hetero) is 1. The molecule has 0 spiro atoms. The molecule has 0 bridgehead atoms. The van der Waals surface area contributed by atoms with E-state index in [4.69, 9.17) is 0 Å². The molecular weight excluding hydrogens is 184 g/mol. The predicted octanol–water partition coefficient (Wildman–Crippen LogP) is 3.64. The molecule has 3 aliphatic carbocycles. The quantitative estimate of drug-likeness (QED) is 0.551. The lowest BCUT2D eigenvalue weighted by molar-refractivity contribution is -0.124. The molecule has 1 saturated carbocycles. The molecule has 82 valence electrons. The highest BCUT2D eigenvalue weighted by Gasteiger charge is 2.47. The van der Waals surface area contributed by atoms with E-state index >= 15 is 0 Å². The van der Waals surface area contributed by atoms with E-state index in [0.29, 0.717) is 5.78 Å². The van der Waals surface area contributed by atoms with Crippen LogP contribution in [-0.4, -0.2) is 5.78 Å². The van der Waals surface area contributed by atoms with E-state index in [1.165, 1.54) is 32.1 Å². The van der Waals surface area contributed by atoms with Crippen LogP contribution in [-0.2, 0) is 4.79 Å². The molecule has 2 atom stereocenters. The van der Waals surface area contributed by atoms with Gasteiger partial charge in [0.2, 0.25) is 0 Å². The van der Waals surface area contributed by atoms with Crippen molar-refractivity contribution in [2.75, 3.05) is 0 Å². The van der Waals surface area contributed by atoms with Crippen LogP contribution < -0.4 is 0 Å². The predicted molar refractivity (Wildman–Crippen MR) is 60.6 cm³/mol. The minimum atomic E-state index is 0.283. The Kier molecular flexibility index (Phi) is 2.05. The van der Waals surface area contributed by atoms with Crippen LogP contribution in [0.2, 0.25) is 0 Å². The summed E-state index contributed by atoms with van der Waals surface area (Å²) < 4.78 is 0. The van der Waals surface area contributed by atoms with Crippen molar-refractivity contribution in [3.8, 4) is 0 Å². The van der Waals surface area contributed by atoms with Gasteiger partial charge in [0, 0.05) is 12.8 Å². The zero-order chi connectivity index (χ0) is 10.5. The van der Waals surface area contributed by atoms with Crippen molar-refractivity contribution < 1.29 is 4.79 Å². The second kappa shape index (κ2) is 3.20. The van der Waals surface area contributed by atoms with Crippen LogP contribution in [0.4, 0.5) is 0 Å². The lowest BCUT2D eigenvalue weighted by Gasteiger charge is -2.38. The molecule has 0 radical (unpaired) electrons. The highest BCUT2D eigenvalue weighted by Crippen LogP contribution is 2.57. The molecule has 1 nitrogen and oxygen atoms in total. The molecule has 0 aromatic rings. The second-order valence-electron chi connectivity index (χ2n) is 5.86. The number of carbonyl (C=O) groups excluding carboxylic acids is 1. The summed E-state index contributed by atoms with van der Waals surface area (Å²) in [6.45, 7) is 2.36. The number of hydrogen-bond donors (Lipinski definition) is 0. The van der Waals surface area contributed by atoms with Crippen LogP contribution in [0.5, 0.6) is 0 Å². The average Bonchev–Trinajstić information content (AvgIpc) is 2.51. The zero-order valence-electron chi connectivity index (χ0n) is 9.64. The first-order valence-corrected chi connectivity index (χ1v) is 6.43. The monoisotopic (exact) mass is 204 g/mol. The summed E-state index contributed by atoms with van der Waals surface area (Å²) in [7, 11) is 0. The van der Waals surface area contributed by atoms with Crippen molar-refractivity contribution in [2.45, 2.75) is 58.3 Å². The maximum Gasteiger partial charge on any atom is 0.133 e. The molecule has 1 heteroatoms. The largest absolute Gasteiger partial charge is 0.300 e. The van der Waals surface area contributed by atoms with E-state index in [-0.39, 0.29) is 5.41 Å². The number of rotatable bonds is 0. The molecule has 0 aliphatic heterocycles. The van der Waals surface area contributed by atoms with E-state index < -0.39 is 0 Å². The van der Waals surface area contributed by atoms with E-state index in [1.54, 1.807) is 11.1 Å². The first kappa shape index (κ1) is 9.62. The van der Waals surface area contributed by atoms with Gasteiger partial charge < -0.3 is 0 Å². The highest BCUT2D eigenvalue weighted by molar-refractivity contribution is 5.81. The van der Waals surface area contributed by atoms with Gasteiger partial charge in [0.25, 0.3) is 0 Å². The fraction of sp³-hybridized carbons (Fsp3) is 0.786. The van der Waals surface area contributed by atoms with Gasteiger partial charge >= 0.3 is 0 Å². The van der Waals surface area contributed by atoms with Gasteiger partial charge in [-0.2, -0.15) is 0 Å². The summed E-state index contributed by atoms with van der Waals surface area (Å²) in [6.07, 6.45) is 9.52. The fourth-order valence-electron chi connectivity index (χ4n) is 4.16. The maximum atomic E-state index is 11.7. The van der Waals surface area contributed by atoms with Crippen molar-refractivity contribution in [1.29, 1.82) is 0 Å². The molecule has 0 N–H and O–H groups in total. The molecular formula is C14H20O. The SMILES string of the molecule is C[C@]12CC(=O)CC[C@H]1CC1=C2CCCC1. The Morgan fingerprint density at radius 3 is 2.87 bits per heavy atom. The van der Waals surface area contributed by atoms with Gasteiger partial charge in [-0.25, -0.2) is 0 Å². The van der Waals surface area contributed by atoms with Gasteiger partial charge in [0.05, 0.1) is 0 Å². The Bertz CT molecular complexity index is 339. The standard InChI is InChI=1S/C14H20O/c1-14-9-12(15)7-6-11(14)8-10-4-2-3-5-13(10)14/h11H,2-9H2,1H3/t11-,14-/m0/s1. The molecule has 15 heavy (non-hydrogen) atoms. The number of allylic oxidation sites excluding steroid dienone is 2. The number of carbonyl (C=O) groups is 1. The van der Waals surface area contributed by atoms with Crippen molar-refractivity contribution in [3.05, 3.63) is 11.1 Å². The summed E-state index contributed by atoms with van der Waals surface area (Å²) in [5, 5.41) is 0. The van der Waals surface area contributed by atoms with E-state index in [1.807, 2.05) is 0 Å². The Hall–Kier alpha value is -0.590. The fourth-order valence-corrected chi connectivity index (χ4v) is 4.16. The molecule has 0 heterocycles. The van der Waals surface area contributed by atoms with Crippen LogP contribution in [0.15, 0.2) is 11.1 Å². The first-order chi connectivity index (χ1) is 7.20. The number of hydrogen-bond acceptors (Lipinski definition) is 1. The van der Waals surface area contributed by atoms with Gasteiger partial charge in [-0.15, -0.1) is 0 Å². The van der Waals surface area contributed by atoms with Crippen molar-refractivity contribution in [3.63, 3.8) is 0 Å². The highest BCUT2D eigenvalue weighted by atomic mass is 16.1. The summed E-state index contributed by atoms with van der Waals surface area (Å²) in [6, 6.07) is 0. The molecule has 3 rings (SSSR count). The van der Waals surface area contributed by atoms with Crippen molar-refractivity contribution in [2.24, 2.45) is 11.3 Å². The normalized spacial score (nSPS) is 40.3. The summed E-state index contributed by atoms with van der Waals surface area (Å²) in [5.41, 5.74) is 3.72. The van der Waals surface area contributed by atoms with Gasteiger partial charge in [-0.05, 0) is 49.9 Å². The molecule has 0 aromatic carbocycles. The second-order valence-corrected chi connectivity index (χ2v) is 5.86. The van der Waals surface area contributed by atoms with Gasteiger partial charge in [0.15, 0.2) is 0 Å². The molecule has 0 saturated heterocycles. The van der Waals surface area contributed by atoms with Crippen molar-refractivity contribution in [1.82, 2.24) is 0 Å². The number of fused-ring (bicyclic) bond motifs is 2. The van der Waals surface area contributed by atoms with Crippen LogP contribution in [0, 0.1) is 11.3 Å². The van der Waals surface area contributed by atoms with Crippen LogP contribution in [0.25, 0.3) is 0 Å². The lowest BCUT2D eigenvalue weighted by atomic mass is 9.65. The summed E-state index contributed by atoms with van der Waals surface area (Å²) in [5.74, 6) is 1.31. The Morgan fingerprint density at radius 2 is 2.00 bits per heavy atom. The van der Waals surface area contributed by atoms with Gasteiger partial charge in [-0.1, -0.05) is 18.1 Å². The van der Waals surface area contributed by atoms with E-state index in [9.17, 15) is 4.79 Å². The zero-order valence-corrected chi connectivity index (χ0v) is 9.64. The third-order valence-corrected chi connectivity index (χ3v) is 5.00. The van der Waals surface area contributed by atoms with Gasteiger partial charge in [-0.3, -0.25) is 4.79 Å². The number of ketones is 1. The van der Waals surface area contributed by atoms with E-state index in [0.717, 1.165) is 25.2 Å². The molecule has 3 aliphatic rings. The first-order valence-electron chi connectivity index (χ1n) is 6.43. The third-order valence-electron chi connectivity index (χ3n) is 5.00. The van der Waals surface area contributed by atoms with Crippen molar-refractivity contribution >= 4 is 5.78 Å². The Balaban J connectivity index is 1.97. The third kappa shape index (κ3) is 1.32. The maximum absolute atomic E-state index is 11.7. The van der Waals surface area contributed by atoms with Crippen LogP contribution in [0.1, 0.15) is 58.3 Å². The minimum Gasteiger partial charge on any atom is -0.300 e. The van der Waals surface area contributed by atoms with Crippen LogP contribution >= 0.6 is 0 Å². The summed E-state index contributed by atoms with van der Waals surface area (Å²) >= 11 is 0. The molecule has 0 unspecified atom stereocenters. The summed E-state index contributed by atoms with van der Waals surface area (Å²) in [4.78, 5) is 11.7. The lowest BCUT2D eigenvalue weighted by Crippen LogP contribution is -2.33. The molecule has 0 amide bonds. The van der Waals surface area contributed by atoms with Gasteiger partial charge in [0.1, 0.15) is 5.78 Å². The Labute approximate surface area is 91.9 Å². The Morgan fingerprint density at radius 1 is 1.20 bits per heavy atom. The average molecular weight is 204 g/mol. The topological polar surface area (TPSA) is 17.1 Å². The van der Waals surface area contributed by atoms with Crippen LogP contribution in [0.3, 0.4) is 0 Å². The molecule has 1 fully saturated rings. The molecule has 0 aromatic heterocycles. The van der Waals surface area contributed by atoms with E-state index in [2.05, 4.69) is 6.92 Å². The minimum absolute atomic E-state index is 0.283. The smallest absolute Gasteiger partial charge is 0.133 e.